The van der Waals surface area contributed by atoms with Crippen LogP contribution in [0.4, 0.5) is 0 Å². The number of rotatable bonds is 3. The molecule has 1 amide bonds. The molecule has 4 nitrogen and oxygen atoms in total. The summed E-state index contributed by atoms with van der Waals surface area (Å²) >= 11 is 3.20. The predicted molar refractivity (Wildman–Crippen MR) is 52.5 cm³/mol. The number of aromatic amines is 1. The average molecular weight is 247 g/mol. The van der Waals surface area contributed by atoms with Gasteiger partial charge in [-0.3, -0.25) is 4.79 Å². The first-order valence-corrected chi connectivity index (χ1v) is 4.69. The highest BCUT2D eigenvalue weighted by molar-refractivity contribution is 9.10. The van der Waals surface area contributed by atoms with Crippen molar-refractivity contribution >= 4 is 21.8 Å². The average Bonchev–Trinajstić information content (AvgIpc) is 2.47. The van der Waals surface area contributed by atoms with Crippen LogP contribution in [0.25, 0.3) is 0 Å². The van der Waals surface area contributed by atoms with Crippen LogP contribution in [0.5, 0.6) is 0 Å². The van der Waals surface area contributed by atoms with Crippen LogP contribution in [0, 0.1) is 0 Å². The van der Waals surface area contributed by atoms with E-state index in [1.165, 1.54) is 0 Å². The van der Waals surface area contributed by atoms with Crippen molar-refractivity contribution in [2.24, 2.45) is 0 Å². The number of H-pyrrole nitrogens is 1. The number of aliphatic hydroxyl groups is 1. The molecular formula is C8H11BrN2O2. The molecule has 1 rings (SSSR count). The minimum atomic E-state index is -0.522. The number of hydrogen-bond acceptors (Lipinski definition) is 2. The quantitative estimate of drug-likeness (QED) is 0.742. The standard InChI is InChI=1S/C8H11BrN2O2/c1-5(12)3-11-8(13)6-2-7(9)10-4-6/h2,4-5,10,12H,3H2,1H3,(H,11,13)/t5-/m1/s1. The topological polar surface area (TPSA) is 65.1 Å². The molecule has 5 heteroatoms. The fourth-order valence-electron chi connectivity index (χ4n) is 0.840. The number of carbonyl (C=O) groups is 1. The van der Waals surface area contributed by atoms with Gasteiger partial charge in [0.1, 0.15) is 0 Å². The molecule has 0 aliphatic heterocycles. The Bertz CT molecular complexity index is 296. The number of amides is 1. The van der Waals surface area contributed by atoms with Gasteiger partial charge in [0.2, 0.25) is 0 Å². The molecule has 0 aliphatic carbocycles. The lowest BCUT2D eigenvalue weighted by Gasteiger charge is -2.04. The Kier molecular flexibility index (Phi) is 3.50. The van der Waals surface area contributed by atoms with Crippen molar-refractivity contribution in [2.75, 3.05) is 6.54 Å². The highest BCUT2D eigenvalue weighted by Crippen LogP contribution is 2.09. The third-order valence-electron chi connectivity index (χ3n) is 1.47. The Morgan fingerprint density at radius 2 is 2.54 bits per heavy atom. The van der Waals surface area contributed by atoms with Gasteiger partial charge in [-0.2, -0.15) is 0 Å². The monoisotopic (exact) mass is 246 g/mol. The fraction of sp³-hybridized carbons (Fsp3) is 0.375. The van der Waals surface area contributed by atoms with E-state index in [-0.39, 0.29) is 12.5 Å². The van der Waals surface area contributed by atoms with E-state index in [0.29, 0.717) is 5.56 Å². The molecule has 0 spiro atoms. The third-order valence-corrected chi connectivity index (χ3v) is 1.93. The van der Waals surface area contributed by atoms with Crippen LogP contribution in [-0.4, -0.2) is 28.6 Å². The zero-order chi connectivity index (χ0) is 9.84. The van der Waals surface area contributed by atoms with Crippen LogP contribution in [0.15, 0.2) is 16.9 Å². The van der Waals surface area contributed by atoms with Crippen molar-refractivity contribution in [1.82, 2.24) is 10.3 Å². The largest absolute Gasteiger partial charge is 0.392 e. The van der Waals surface area contributed by atoms with Crippen molar-refractivity contribution in [3.05, 3.63) is 22.4 Å². The molecular weight excluding hydrogens is 236 g/mol. The van der Waals surface area contributed by atoms with Crippen molar-refractivity contribution < 1.29 is 9.90 Å². The van der Waals surface area contributed by atoms with E-state index in [1.807, 2.05) is 0 Å². The Morgan fingerprint density at radius 1 is 1.85 bits per heavy atom. The van der Waals surface area contributed by atoms with E-state index in [2.05, 4.69) is 26.2 Å². The van der Waals surface area contributed by atoms with Gasteiger partial charge in [0.05, 0.1) is 16.3 Å². The first-order chi connectivity index (χ1) is 6.09. The second-order valence-corrected chi connectivity index (χ2v) is 3.65. The minimum Gasteiger partial charge on any atom is -0.392 e. The summed E-state index contributed by atoms with van der Waals surface area (Å²) in [6.07, 6.45) is 1.08. The normalized spacial score (nSPS) is 12.5. The number of aromatic nitrogens is 1. The van der Waals surface area contributed by atoms with E-state index in [0.717, 1.165) is 4.60 Å². The van der Waals surface area contributed by atoms with Gasteiger partial charge in [0.25, 0.3) is 5.91 Å². The zero-order valence-corrected chi connectivity index (χ0v) is 8.76. The maximum absolute atomic E-state index is 11.3. The van der Waals surface area contributed by atoms with Crippen molar-refractivity contribution in [1.29, 1.82) is 0 Å². The fourth-order valence-corrected chi connectivity index (χ4v) is 1.20. The second-order valence-electron chi connectivity index (χ2n) is 2.80. The first kappa shape index (κ1) is 10.3. The molecule has 3 N–H and O–H groups in total. The predicted octanol–water partition coefficient (Wildman–Crippen LogP) is 0.888. The second kappa shape index (κ2) is 4.43. The SMILES string of the molecule is C[C@@H](O)CNC(=O)c1c[nH]c(Br)c1. The summed E-state index contributed by atoms with van der Waals surface area (Å²) in [5.74, 6) is -0.192. The molecule has 1 aromatic rings. The van der Waals surface area contributed by atoms with Gasteiger partial charge in [0.15, 0.2) is 0 Å². The van der Waals surface area contributed by atoms with Crippen molar-refractivity contribution in [3.8, 4) is 0 Å². The highest BCUT2D eigenvalue weighted by atomic mass is 79.9. The van der Waals surface area contributed by atoms with Crippen LogP contribution in [0.2, 0.25) is 0 Å². The summed E-state index contributed by atoms with van der Waals surface area (Å²) < 4.78 is 0.759. The lowest BCUT2D eigenvalue weighted by Crippen LogP contribution is -2.30. The molecule has 0 bridgehead atoms. The number of carbonyl (C=O) groups excluding carboxylic acids is 1. The molecule has 0 saturated heterocycles. The van der Waals surface area contributed by atoms with Crippen molar-refractivity contribution in [3.63, 3.8) is 0 Å². The summed E-state index contributed by atoms with van der Waals surface area (Å²) in [6.45, 7) is 1.88. The molecule has 13 heavy (non-hydrogen) atoms. The molecule has 1 atom stereocenters. The Morgan fingerprint density at radius 3 is 3.00 bits per heavy atom. The van der Waals surface area contributed by atoms with Gasteiger partial charge >= 0.3 is 0 Å². The number of hydrogen-bond donors (Lipinski definition) is 3. The van der Waals surface area contributed by atoms with Crippen LogP contribution < -0.4 is 5.32 Å². The molecule has 0 aliphatic rings. The number of nitrogens with one attached hydrogen (secondary N) is 2. The first-order valence-electron chi connectivity index (χ1n) is 3.90. The van der Waals surface area contributed by atoms with Gasteiger partial charge in [-0.05, 0) is 28.9 Å². The number of halogens is 1. The molecule has 0 fully saturated rings. The van der Waals surface area contributed by atoms with E-state index >= 15 is 0 Å². The van der Waals surface area contributed by atoms with E-state index < -0.39 is 6.10 Å². The smallest absolute Gasteiger partial charge is 0.252 e. The van der Waals surface area contributed by atoms with Crippen molar-refractivity contribution in [2.45, 2.75) is 13.0 Å². The van der Waals surface area contributed by atoms with E-state index in [1.54, 1.807) is 19.2 Å². The van der Waals surface area contributed by atoms with E-state index in [4.69, 9.17) is 5.11 Å². The Balaban J connectivity index is 2.49. The zero-order valence-electron chi connectivity index (χ0n) is 7.17. The third kappa shape index (κ3) is 3.20. The summed E-state index contributed by atoms with van der Waals surface area (Å²) in [6, 6.07) is 1.68. The van der Waals surface area contributed by atoms with Crippen LogP contribution >= 0.6 is 15.9 Å². The summed E-state index contributed by atoms with van der Waals surface area (Å²) in [4.78, 5) is 14.1. The molecule has 1 aromatic heterocycles. The Hall–Kier alpha value is -0.810. The lowest BCUT2D eigenvalue weighted by molar-refractivity contribution is 0.0924. The van der Waals surface area contributed by atoms with Gasteiger partial charge < -0.3 is 15.4 Å². The van der Waals surface area contributed by atoms with Gasteiger partial charge in [0, 0.05) is 12.7 Å². The maximum atomic E-state index is 11.3. The lowest BCUT2D eigenvalue weighted by atomic mass is 10.3. The van der Waals surface area contributed by atoms with Gasteiger partial charge in [-0.1, -0.05) is 0 Å². The van der Waals surface area contributed by atoms with Gasteiger partial charge in [-0.15, -0.1) is 0 Å². The van der Waals surface area contributed by atoms with Gasteiger partial charge in [-0.25, -0.2) is 0 Å². The molecule has 0 unspecified atom stereocenters. The molecule has 72 valence electrons. The number of aliphatic hydroxyl groups excluding tert-OH is 1. The summed E-state index contributed by atoms with van der Waals surface area (Å²) in [7, 11) is 0. The Labute approximate surface area is 84.5 Å². The molecule has 1 heterocycles. The molecule has 0 radical (unpaired) electrons. The van der Waals surface area contributed by atoms with E-state index in [9.17, 15) is 4.79 Å². The van der Waals surface area contributed by atoms with Crippen LogP contribution in [0.1, 0.15) is 17.3 Å². The minimum absolute atomic E-state index is 0.192. The highest BCUT2D eigenvalue weighted by Gasteiger charge is 2.07. The van der Waals surface area contributed by atoms with Crippen LogP contribution in [-0.2, 0) is 0 Å². The molecule has 0 aromatic carbocycles. The summed E-state index contributed by atoms with van der Waals surface area (Å²) in [5, 5.41) is 11.5. The summed E-state index contributed by atoms with van der Waals surface area (Å²) in [5.41, 5.74) is 0.549. The molecule has 0 saturated carbocycles. The maximum Gasteiger partial charge on any atom is 0.252 e. The van der Waals surface area contributed by atoms with Crippen LogP contribution in [0.3, 0.4) is 0 Å².